The number of unbranched alkanes of at least 4 members (excludes halogenated alkanes) is 1. The third kappa shape index (κ3) is 5.28. The smallest absolute Gasteiger partial charge is 0.231 e. The molecule has 1 N–H and O–H groups in total. The molecule has 0 unspecified atom stereocenters. The fraction of sp³-hybridized carbons (Fsp3) is 0.440. The van der Waals surface area contributed by atoms with Crippen LogP contribution in [0.25, 0.3) is 0 Å². The molecule has 6 heteroatoms. The van der Waals surface area contributed by atoms with E-state index < -0.39 is 0 Å². The van der Waals surface area contributed by atoms with E-state index in [1.807, 2.05) is 35.2 Å². The monoisotopic (exact) mass is 442 g/mol. The zero-order valence-electron chi connectivity index (χ0n) is 18.1. The van der Waals surface area contributed by atoms with Crippen molar-refractivity contribution < 1.29 is 14.3 Å². The number of rotatable bonds is 10. The van der Waals surface area contributed by atoms with E-state index in [4.69, 9.17) is 4.74 Å². The lowest BCUT2D eigenvalue weighted by atomic mass is 9.94. The van der Waals surface area contributed by atoms with Gasteiger partial charge < -0.3 is 15.0 Å². The second-order valence-corrected chi connectivity index (χ2v) is 8.16. The predicted molar refractivity (Wildman–Crippen MR) is 126 cm³/mol. The molecule has 0 fully saturated rings. The Balaban J connectivity index is 0.00000272. The summed E-state index contributed by atoms with van der Waals surface area (Å²) >= 11 is 0. The van der Waals surface area contributed by atoms with E-state index in [1.54, 1.807) is 7.11 Å². The first kappa shape index (κ1) is 23.3. The number of benzene rings is 2. The molecule has 2 aromatic rings. The lowest BCUT2D eigenvalue weighted by Crippen LogP contribution is -2.31. The maximum atomic E-state index is 12.7. The average molecular weight is 443 g/mol. The fourth-order valence-electron chi connectivity index (χ4n) is 4.58. The third-order valence-corrected chi connectivity index (χ3v) is 6.10. The number of hydrogen-bond donors (Lipinski definition) is 1. The molecule has 5 nitrogen and oxygen atoms in total. The van der Waals surface area contributed by atoms with E-state index >= 15 is 0 Å². The van der Waals surface area contributed by atoms with Gasteiger partial charge >= 0.3 is 0 Å². The zero-order valence-corrected chi connectivity index (χ0v) is 18.9. The molecule has 166 valence electrons. The molecule has 0 saturated heterocycles. The summed E-state index contributed by atoms with van der Waals surface area (Å²) in [5.41, 5.74) is 5.29. The van der Waals surface area contributed by atoms with Crippen molar-refractivity contribution in [1.82, 2.24) is 5.32 Å². The molecule has 2 aromatic carbocycles. The Morgan fingerprint density at radius 1 is 1.13 bits per heavy atom. The van der Waals surface area contributed by atoms with Gasteiger partial charge in [0.15, 0.2) is 5.78 Å². The van der Waals surface area contributed by atoms with Gasteiger partial charge in [0, 0.05) is 18.5 Å². The molecule has 0 saturated carbocycles. The molecular weight excluding hydrogens is 412 g/mol. The van der Waals surface area contributed by atoms with Crippen molar-refractivity contribution in [2.24, 2.45) is 0 Å². The van der Waals surface area contributed by atoms with Crippen LogP contribution in [-0.4, -0.2) is 38.4 Å². The van der Waals surface area contributed by atoms with Crippen LogP contribution in [0, 0.1) is 0 Å². The summed E-state index contributed by atoms with van der Waals surface area (Å²) in [4.78, 5) is 26.8. The Kier molecular flexibility index (Phi) is 8.10. The van der Waals surface area contributed by atoms with Crippen LogP contribution >= 0.6 is 12.4 Å². The number of ketones is 1. The molecule has 2 heterocycles. The number of carbonyl (C=O) groups excluding carboxylic acids is 2. The number of aryl methyl sites for hydroxylation is 1. The van der Waals surface area contributed by atoms with Crippen LogP contribution < -0.4 is 15.0 Å². The van der Waals surface area contributed by atoms with Crippen LogP contribution in [0.15, 0.2) is 36.4 Å². The van der Waals surface area contributed by atoms with Crippen LogP contribution in [0.2, 0.25) is 0 Å². The van der Waals surface area contributed by atoms with Crippen molar-refractivity contribution >= 4 is 29.8 Å². The van der Waals surface area contributed by atoms with Crippen LogP contribution in [0.5, 0.6) is 5.75 Å². The molecule has 31 heavy (non-hydrogen) atoms. The van der Waals surface area contributed by atoms with Crippen LogP contribution in [-0.2, 0) is 24.1 Å². The summed E-state index contributed by atoms with van der Waals surface area (Å²) in [6.45, 7) is 2.62. The van der Waals surface area contributed by atoms with E-state index in [1.165, 1.54) is 11.1 Å². The highest BCUT2D eigenvalue weighted by Crippen LogP contribution is 2.37. The quantitative estimate of drug-likeness (QED) is 0.444. The minimum Gasteiger partial charge on any atom is -0.496 e. The number of Topliss-reactive ketones (excluding diaryl/α,β-unsaturated/α-hetero) is 1. The summed E-state index contributed by atoms with van der Waals surface area (Å²) in [5, 5.41) is 3.46. The minimum absolute atomic E-state index is 0. The molecule has 2 aliphatic heterocycles. The molecule has 0 aromatic heterocycles. The number of hydrogen-bond acceptors (Lipinski definition) is 4. The van der Waals surface area contributed by atoms with Crippen molar-refractivity contribution in [3.05, 3.63) is 58.7 Å². The highest BCUT2D eigenvalue weighted by Gasteiger charge is 2.32. The Morgan fingerprint density at radius 3 is 2.77 bits per heavy atom. The predicted octanol–water partition coefficient (Wildman–Crippen LogP) is 4.14. The number of halogens is 1. The van der Waals surface area contributed by atoms with Gasteiger partial charge in [0.05, 0.1) is 19.2 Å². The molecule has 0 radical (unpaired) electrons. The molecule has 2 aliphatic rings. The van der Waals surface area contributed by atoms with Gasteiger partial charge in [-0.05, 0) is 80.1 Å². The molecule has 0 atom stereocenters. The van der Waals surface area contributed by atoms with Crippen molar-refractivity contribution in [2.75, 3.05) is 31.6 Å². The van der Waals surface area contributed by atoms with Crippen molar-refractivity contribution in [1.29, 1.82) is 0 Å². The van der Waals surface area contributed by atoms with Gasteiger partial charge in [-0.3, -0.25) is 9.59 Å². The Hall–Kier alpha value is -2.37. The standard InChI is InChI=1S/C25H30N2O3.ClH/c1-30-23-10-3-2-7-18(23)11-13-26-12-5-4-9-22(28)20-15-19-8-6-14-27-24(29)17-21(16-20)25(19)27;/h2-3,7,10,15-16,26H,4-6,8-9,11-14,17H2,1H3;1H. The maximum absolute atomic E-state index is 12.7. The molecule has 4 rings (SSSR count). The van der Waals surface area contributed by atoms with Crippen molar-refractivity contribution in [2.45, 2.75) is 44.9 Å². The van der Waals surface area contributed by atoms with E-state index in [-0.39, 0.29) is 24.1 Å². The number of amides is 1. The number of carbonyl (C=O) groups is 2. The normalized spacial score (nSPS) is 14.2. The van der Waals surface area contributed by atoms with Crippen molar-refractivity contribution in [3.63, 3.8) is 0 Å². The van der Waals surface area contributed by atoms with E-state index in [9.17, 15) is 9.59 Å². The van der Waals surface area contributed by atoms with Crippen LogP contribution in [0.4, 0.5) is 5.69 Å². The van der Waals surface area contributed by atoms with E-state index in [0.717, 1.165) is 74.3 Å². The Labute approximate surface area is 190 Å². The van der Waals surface area contributed by atoms with Crippen LogP contribution in [0.3, 0.4) is 0 Å². The second kappa shape index (κ2) is 10.8. The van der Waals surface area contributed by atoms with Gasteiger partial charge in [0.1, 0.15) is 5.75 Å². The lowest BCUT2D eigenvalue weighted by molar-refractivity contribution is -0.117. The van der Waals surface area contributed by atoms with Gasteiger partial charge in [-0.2, -0.15) is 0 Å². The average Bonchev–Trinajstić information content (AvgIpc) is 3.10. The van der Waals surface area contributed by atoms with Gasteiger partial charge in [0.25, 0.3) is 0 Å². The molecule has 0 aliphatic carbocycles. The molecule has 0 spiro atoms. The zero-order chi connectivity index (χ0) is 20.9. The van der Waals surface area contributed by atoms with Crippen molar-refractivity contribution in [3.8, 4) is 5.75 Å². The van der Waals surface area contributed by atoms with Gasteiger partial charge in [-0.1, -0.05) is 18.2 Å². The van der Waals surface area contributed by atoms with Crippen LogP contribution in [0.1, 0.15) is 52.7 Å². The first-order valence-electron chi connectivity index (χ1n) is 11.0. The molecular formula is C25H31ClN2O3. The number of nitrogens with zero attached hydrogens (tertiary/aromatic N) is 1. The maximum Gasteiger partial charge on any atom is 0.231 e. The number of nitrogens with one attached hydrogen (secondary N) is 1. The Bertz CT molecular complexity index is 944. The highest BCUT2D eigenvalue weighted by atomic mass is 35.5. The topological polar surface area (TPSA) is 58.6 Å². The minimum atomic E-state index is 0. The number of para-hydroxylation sites is 1. The first-order valence-corrected chi connectivity index (χ1v) is 11.0. The number of ether oxygens (including phenoxy) is 1. The summed E-state index contributed by atoms with van der Waals surface area (Å²) in [6, 6.07) is 12.1. The highest BCUT2D eigenvalue weighted by molar-refractivity contribution is 6.05. The second-order valence-electron chi connectivity index (χ2n) is 8.16. The summed E-state index contributed by atoms with van der Waals surface area (Å²) in [7, 11) is 1.70. The SMILES string of the molecule is COc1ccccc1CCNCCCCC(=O)c1cc2c3c(c1)CC(=O)N3CCC2.Cl. The lowest BCUT2D eigenvalue weighted by Gasteiger charge is -2.25. The summed E-state index contributed by atoms with van der Waals surface area (Å²) in [6.07, 6.45) is 5.72. The van der Waals surface area contributed by atoms with Gasteiger partial charge in [-0.25, -0.2) is 0 Å². The Morgan fingerprint density at radius 2 is 1.94 bits per heavy atom. The number of anilines is 1. The van der Waals surface area contributed by atoms with Gasteiger partial charge in [-0.15, -0.1) is 12.4 Å². The molecule has 1 amide bonds. The summed E-state index contributed by atoms with van der Waals surface area (Å²) in [5.74, 6) is 1.30. The number of methoxy groups -OCH3 is 1. The van der Waals surface area contributed by atoms with Gasteiger partial charge in [0.2, 0.25) is 5.91 Å². The van der Waals surface area contributed by atoms with E-state index in [2.05, 4.69) is 11.4 Å². The van der Waals surface area contributed by atoms with E-state index in [0.29, 0.717) is 12.8 Å². The fourth-order valence-corrected chi connectivity index (χ4v) is 4.58. The first-order chi connectivity index (χ1) is 14.7. The third-order valence-electron chi connectivity index (χ3n) is 6.10. The molecule has 0 bridgehead atoms. The summed E-state index contributed by atoms with van der Waals surface area (Å²) < 4.78 is 5.38. The largest absolute Gasteiger partial charge is 0.496 e.